The van der Waals surface area contributed by atoms with E-state index >= 15 is 0 Å². The second kappa shape index (κ2) is 12.0. The number of carbonyl (C=O) groups is 2. The van der Waals surface area contributed by atoms with Crippen molar-refractivity contribution in [1.82, 2.24) is 15.2 Å². The van der Waals surface area contributed by atoms with Crippen LogP contribution in [-0.4, -0.2) is 40.6 Å². The molecule has 0 aliphatic carbocycles. The van der Waals surface area contributed by atoms with Crippen LogP contribution in [0.15, 0.2) is 101 Å². The van der Waals surface area contributed by atoms with E-state index in [1.165, 1.54) is 11.8 Å². The molecule has 9 heteroatoms. The van der Waals surface area contributed by atoms with Crippen molar-refractivity contribution in [2.45, 2.75) is 25.9 Å². The van der Waals surface area contributed by atoms with Crippen molar-refractivity contribution in [1.29, 1.82) is 0 Å². The summed E-state index contributed by atoms with van der Waals surface area (Å²) in [6.45, 7) is 2.36. The van der Waals surface area contributed by atoms with Crippen LogP contribution in [0.4, 0.5) is 0 Å². The maximum absolute atomic E-state index is 13.6. The number of thioether (sulfide) groups is 1. The molecule has 0 bridgehead atoms. The van der Waals surface area contributed by atoms with Crippen molar-refractivity contribution in [3.8, 4) is 5.75 Å². The Balaban J connectivity index is 1.56. The molecule has 1 N–H and O–H groups in total. The Hall–Kier alpha value is -4.37. The maximum atomic E-state index is 13.6. The summed E-state index contributed by atoms with van der Waals surface area (Å²) in [4.78, 5) is 37.6. The molecule has 0 unspecified atom stereocenters. The average Bonchev–Trinajstić information content (AvgIpc) is 3.38. The molecule has 2 aromatic carbocycles. The minimum atomic E-state index is -0.615. The van der Waals surface area contributed by atoms with Crippen molar-refractivity contribution >= 4 is 34.5 Å². The van der Waals surface area contributed by atoms with Gasteiger partial charge in [0.2, 0.25) is 5.91 Å². The summed E-state index contributed by atoms with van der Waals surface area (Å²) in [6.07, 6.45) is 3.52. The number of aliphatic imine (C=N–C) groups is 1. The van der Waals surface area contributed by atoms with Gasteiger partial charge in [0.1, 0.15) is 5.75 Å². The van der Waals surface area contributed by atoms with Gasteiger partial charge in [-0.2, -0.15) is 0 Å². The van der Waals surface area contributed by atoms with Crippen LogP contribution < -0.4 is 10.1 Å². The lowest BCUT2D eigenvalue weighted by Gasteiger charge is -2.37. The van der Waals surface area contributed by atoms with E-state index < -0.39 is 12.0 Å². The number of rotatable bonds is 9. The molecule has 1 atom stereocenters. The highest BCUT2D eigenvalue weighted by atomic mass is 32.2. The lowest BCUT2D eigenvalue weighted by atomic mass is 9.91. The van der Waals surface area contributed by atoms with E-state index in [-0.39, 0.29) is 18.9 Å². The van der Waals surface area contributed by atoms with Gasteiger partial charge in [-0.3, -0.25) is 9.78 Å². The van der Waals surface area contributed by atoms with Crippen LogP contribution >= 0.6 is 11.8 Å². The van der Waals surface area contributed by atoms with Gasteiger partial charge in [0, 0.05) is 35.8 Å². The molecule has 1 aromatic heterocycles. The summed E-state index contributed by atoms with van der Waals surface area (Å²) in [5.74, 6) is 0.00354. The predicted molar refractivity (Wildman–Crippen MR) is 151 cm³/mol. The first-order valence-corrected chi connectivity index (χ1v) is 13.5. The predicted octanol–water partition coefficient (Wildman–Crippen LogP) is 5.07. The zero-order chi connectivity index (χ0) is 27.2. The number of amides is 1. The number of benzene rings is 2. The van der Waals surface area contributed by atoms with Crippen LogP contribution in [0.5, 0.6) is 5.75 Å². The molecule has 1 amide bonds. The van der Waals surface area contributed by atoms with Crippen LogP contribution in [0.3, 0.4) is 0 Å². The number of ether oxygens (including phenoxy) is 2. The third-order valence-electron chi connectivity index (χ3n) is 6.34. The van der Waals surface area contributed by atoms with Crippen molar-refractivity contribution in [2.24, 2.45) is 4.99 Å². The molecule has 0 saturated carbocycles. The fraction of sp³-hybridized carbons (Fsp3) is 0.200. The molecule has 0 radical (unpaired) electrons. The Morgan fingerprint density at radius 3 is 2.59 bits per heavy atom. The fourth-order valence-electron chi connectivity index (χ4n) is 4.61. The van der Waals surface area contributed by atoms with E-state index in [2.05, 4.69) is 10.3 Å². The van der Waals surface area contributed by atoms with Gasteiger partial charge >= 0.3 is 5.97 Å². The van der Waals surface area contributed by atoms with Crippen LogP contribution in [0, 0.1) is 0 Å². The number of carbonyl (C=O) groups excluding carboxylic acids is 2. The number of amidine groups is 1. The number of hydrogen-bond acceptors (Lipinski definition) is 8. The molecular formula is C30H28N4O4S. The van der Waals surface area contributed by atoms with Crippen LogP contribution in [0.2, 0.25) is 0 Å². The SMILES string of the molecule is CCOC(=O)C1=C(c2ccccc2)N=C2SC=C(CC(=O)NCc3cccnc3)N2[C@@H]1c1ccccc1OC. The molecule has 0 spiro atoms. The van der Waals surface area contributed by atoms with Crippen molar-refractivity contribution < 1.29 is 19.1 Å². The molecular weight excluding hydrogens is 512 g/mol. The number of hydrogen-bond donors (Lipinski definition) is 1. The number of fused-ring (bicyclic) bond motifs is 1. The highest BCUT2D eigenvalue weighted by Crippen LogP contribution is 2.48. The largest absolute Gasteiger partial charge is 0.496 e. The first-order chi connectivity index (χ1) is 19.1. The summed E-state index contributed by atoms with van der Waals surface area (Å²) in [6, 6.07) is 20.3. The van der Waals surface area contributed by atoms with Gasteiger partial charge in [-0.05, 0) is 30.0 Å². The number of methoxy groups -OCH3 is 1. The Labute approximate surface area is 231 Å². The standard InChI is InChI=1S/C30H28N4O4S/c1-3-38-29(36)26-27(21-11-5-4-6-12-21)33-30-34(28(26)23-13-7-8-14-24(23)37-2)22(19-39-30)16-25(35)32-18-20-10-9-15-31-17-20/h4-15,17,19,28H,3,16,18H2,1-2H3,(H,32,35)/t28-/m1/s1. The maximum Gasteiger partial charge on any atom is 0.338 e. The van der Waals surface area contributed by atoms with Gasteiger partial charge in [-0.25, -0.2) is 9.79 Å². The van der Waals surface area contributed by atoms with Gasteiger partial charge in [0.05, 0.1) is 37.4 Å². The quantitative estimate of drug-likeness (QED) is 0.379. The molecule has 2 aliphatic rings. The Kier molecular flexibility index (Phi) is 8.07. The molecule has 5 rings (SSSR count). The number of nitrogens with one attached hydrogen (secondary N) is 1. The van der Waals surface area contributed by atoms with Crippen LogP contribution in [0.25, 0.3) is 5.70 Å². The second-order valence-corrected chi connectivity index (χ2v) is 9.64. The summed E-state index contributed by atoms with van der Waals surface area (Å²) in [7, 11) is 1.60. The Bertz CT molecular complexity index is 1450. The first kappa shape index (κ1) is 26.2. The highest BCUT2D eigenvalue weighted by molar-refractivity contribution is 8.16. The summed E-state index contributed by atoms with van der Waals surface area (Å²) >= 11 is 1.43. The number of para-hydroxylation sites is 1. The Morgan fingerprint density at radius 2 is 1.85 bits per heavy atom. The van der Waals surface area contributed by atoms with Crippen molar-refractivity contribution in [3.05, 3.63) is 112 Å². The van der Waals surface area contributed by atoms with Crippen LogP contribution in [0.1, 0.15) is 36.1 Å². The molecule has 3 aromatic rings. The minimum absolute atomic E-state index is 0.106. The van der Waals surface area contributed by atoms with Gasteiger partial charge in [-0.15, -0.1) is 0 Å². The number of pyridine rings is 1. The smallest absolute Gasteiger partial charge is 0.338 e. The van der Waals surface area contributed by atoms with Gasteiger partial charge in [0.25, 0.3) is 0 Å². The summed E-state index contributed by atoms with van der Waals surface area (Å²) in [5, 5.41) is 5.56. The van der Waals surface area contributed by atoms with E-state index in [9.17, 15) is 9.59 Å². The first-order valence-electron chi connectivity index (χ1n) is 12.6. The van der Waals surface area contributed by atoms with E-state index in [4.69, 9.17) is 14.5 Å². The van der Waals surface area contributed by atoms with Gasteiger partial charge in [0.15, 0.2) is 5.17 Å². The monoisotopic (exact) mass is 540 g/mol. The average molecular weight is 541 g/mol. The van der Waals surface area contributed by atoms with E-state index in [1.54, 1.807) is 26.4 Å². The molecule has 39 heavy (non-hydrogen) atoms. The zero-order valence-electron chi connectivity index (χ0n) is 21.7. The minimum Gasteiger partial charge on any atom is -0.496 e. The molecule has 0 fully saturated rings. The van der Waals surface area contributed by atoms with Gasteiger partial charge in [-0.1, -0.05) is 66.4 Å². The zero-order valence-corrected chi connectivity index (χ0v) is 22.5. The number of nitrogens with zero attached hydrogens (tertiary/aromatic N) is 3. The summed E-state index contributed by atoms with van der Waals surface area (Å²) < 4.78 is 11.3. The third-order valence-corrected chi connectivity index (χ3v) is 7.23. The topological polar surface area (TPSA) is 93.1 Å². The summed E-state index contributed by atoms with van der Waals surface area (Å²) in [5.41, 5.74) is 4.14. The molecule has 8 nitrogen and oxygen atoms in total. The van der Waals surface area contributed by atoms with Crippen LogP contribution in [-0.2, 0) is 20.9 Å². The normalized spacial score (nSPS) is 16.3. The molecule has 2 aliphatic heterocycles. The lowest BCUT2D eigenvalue weighted by molar-refractivity contribution is -0.139. The highest BCUT2D eigenvalue weighted by Gasteiger charge is 2.43. The fourth-order valence-corrected chi connectivity index (χ4v) is 5.52. The van der Waals surface area contributed by atoms with Crippen molar-refractivity contribution in [2.75, 3.05) is 13.7 Å². The Morgan fingerprint density at radius 1 is 1.05 bits per heavy atom. The van der Waals surface area contributed by atoms with Gasteiger partial charge < -0.3 is 19.7 Å². The van der Waals surface area contributed by atoms with Crippen molar-refractivity contribution in [3.63, 3.8) is 0 Å². The van der Waals surface area contributed by atoms with E-state index in [1.807, 2.05) is 77.0 Å². The number of esters is 1. The van der Waals surface area contributed by atoms with E-state index in [0.717, 1.165) is 22.4 Å². The molecule has 0 saturated heterocycles. The molecule has 198 valence electrons. The third kappa shape index (κ3) is 5.58. The lowest BCUT2D eigenvalue weighted by Crippen LogP contribution is -2.38. The molecule has 3 heterocycles. The second-order valence-electron chi connectivity index (χ2n) is 8.80. The van der Waals surface area contributed by atoms with E-state index in [0.29, 0.717) is 28.7 Å². The number of aromatic nitrogens is 1.